The van der Waals surface area contributed by atoms with Crippen LogP contribution in [0.2, 0.25) is 0 Å². The number of alkyl halides is 3. The maximum atomic E-state index is 14.6. The Kier molecular flexibility index (Phi) is 6.20. The first kappa shape index (κ1) is 23.0. The molecule has 0 fully saturated rings. The number of hydrogen-bond donors (Lipinski definition) is 3. The molecule has 1 heterocycles. The Morgan fingerprint density at radius 2 is 1.83 bits per heavy atom. The van der Waals surface area contributed by atoms with E-state index in [0.717, 1.165) is 19.2 Å². The molecular formula is C15H16F4N4O4S2. The average molecular weight is 456 g/mol. The molecule has 1 aromatic carbocycles. The number of benzene rings is 1. The van der Waals surface area contributed by atoms with E-state index in [2.05, 4.69) is 17.4 Å². The second kappa shape index (κ2) is 7.84. The highest BCUT2D eigenvalue weighted by Crippen LogP contribution is 2.30. The standard InChI is InChI=1S/C15H16F4N4O4S2/c1-3-29(26,27)21-9-5-10(8(16)4-7(9)13(20)28)23-12(24)6-11(15(17,18)19)22(2)14(23)25/h4-6,13,21,28H,3,20H2,1-2H3. The summed E-state index contributed by atoms with van der Waals surface area (Å²) in [5.74, 6) is -1.55. The number of nitrogens with one attached hydrogen (secondary N) is 1. The highest BCUT2D eigenvalue weighted by molar-refractivity contribution is 7.92. The maximum Gasteiger partial charge on any atom is 0.431 e. The van der Waals surface area contributed by atoms with Gasteiger partial charge in [0.05, 0.1) is 22.5 Å². The second-order valence-electron chi connectivity index (χ2n) is 5.88. The largest absolute Gasteiger partial charge is 0.431 e. The van der Waals surface area contributed by atoms with Crippen LogP contribution in [0.1, 0.15) is 23.6 Å². The van der Waals surface area contributed by atoms with Crippen LogP contribution in [0.5, 0.6) is 0 Å². The van der Waals surface area contributed by atoms with Gasteiger partial charge in [0.15, 0.2) is 0 Å². The third kappa shape index (κ3) is 4.64. The van der Waals surface area contributed by atoms with Crippen LogP contribution in [0.4, 0.5) is 23.2 Å². The molecule has 0 saturated heterocycles. The van der Waals surface area contributed by atoms with Gasteiger partial charge in [0, 0.05) is 18.7 Å². The molecule has 0 aliphatic heterocycles. The van der Waals surface area contributed by atoms with Crippen molar-refractivity contribution in [3.8, 4) is 5.69 Å². The molecule has 29 heavy (non-hydrogen) atoms. The molecule has 1 aromatic heterocycles. The van der Waals surface area contributed by atoms with Crippen LogP contribution in [0.15, 0.2) is 27.8 Å². The molecule has 0 aliphatic carbocycles. The van der Waals surface area contributed by atoms with Gasteiger partial charge in [-0.2, -0.15) is 25.8 Å². The SMILES string of the molecule is CCS(=O)(=O)Nc1cc(-n2c(=O)cc(C(F)(F)F)n(C)c2=O)c(F)cc1C(N)S. The molecule has 2 rings (SSSR count). The molecule has 3 N–H and O–H groups in total. The highest BCUT2D eigenvalue weighted by atomic mass is 32.2. The lowest BCUT2D eigenvalue weighted by Crippen LogP contribution is -2.41. The fourth-order valence-corrected chi connectivity index (χ4v) is 3.31. The Morgan fingerprint density at radius 3 is 2.31 bits per heavy atom. The monoisotopic (exact) mass is 456 g/mol. The average Bonchev–Trinajstić information content (AvgIpc) is 2.59. The zero-order valence-electron chi connectivity index (χ0n) is 15.0. The lowest BCUT2D eigenvalue weighted by Gasteiger charge is -2.18. The van der Waals surface area contributed by atoms with E-state index in [1.165, 1.54) is 6.92 Å². The van der Waals surface area contributed by atoms with Gasteiger partial charge in [-0.15, -0.1) is 0 Å². The van der Waals surface area contributed by atoms with Crippen molar-refractivity contribution < 1.29 is 26.0 Å². The number of rotatable bonds is 5. The summed E-state index contributed by atoms with van der Waals surface area (Å²) in [7, 11) is -3.11. The van der Waals surface area contributed by atoms with Crippen LogP contribution < -0.4 is 21.7 Å². The molecule has 1 atom stereocenters. The van der Waals surface area contributed by atoms with E-state index >= 15 is 0 Å². The first-order chi connectivity index (χ1) is 13.2. The zero-order chi connectivity index (χ0) is 22.3. The van der Waals surface area contributed by atoms with Crippen molar-refractivity contribution in [3.63, 3.8) is 0 Å². The number of nitrogens with zero attached hydrogens (tertiary/aromatic N) is 2. The van der Waals surface area contributed by atoms with E-state index in [0.29, 0.717) is 0 Å². The normalized spacial score (nSPS) is 13.4. The van der Waals surface area contributed by atoms with Crippen molar-refractivity contribution in [2.24, 2.45) is 12.8 Å². The van der Waals surface area contributed by atoms with Gasteiger partial charge in [0.1, 0.15) is 11.5 Å². The molecule has 0 aliphatic rings. The van der Waals surface area contributed by atoms with Crippen LogP contribution in [-0.2, 0) is 23.2 Å². The number of halogens is 4. The minimum atomic E-state index is -4.99. The minimum Gasteiger partial charge on any atom is -0.316 e. The van der Waals surface area contributed by atoms with E-state index in [1.807, 2.05) is 0 Å². The fourth-order valence-electron chi connectivity index (χ4n) is 2.44. The summed E-state index contributed by atoms with van der Waals surface area (Å²) in [6, 6.07) is 1.67. The summed E-state index contributed by atoms with van der Waals surface area (Å²) in [6.07, 6.45) is -4.99. The number of hydrogen-bond acceptors (Lipinski definition) is 6. The molecule has 8 nitrogen and oxygen atoms in total. The van der Waals surface area contributed by atoms with Gasteiger partial charge in [-0.1, -0.05) is 0 Å². The van der Waals surface area contributed by atoms with Gasteiger partial charge in [-0.3, -0.25) is 14.1 Å². The van der Waals surface area contributed by atoms with Crippen molar-refractivity contribution in [1.29, 1.82) is 0 Å². The van der Waals surface area contributed by atoms with E-state index in [1.54, 1.807) is 0 Å². The smallest absolute Gasteiger partial charge is 0.316 e. The van der Waals surface area contributed by atoms with E-state index in [4.69, 9.17) is 5.73 Å². The van der Waals surface area contributed by atoms with Gasteiger partial charge in [-0.25, -0.2) is 22.2 Å². The molecule has 160 valence electrons. The van der Waals surface area contributed by atoms with Crippen LogP contribution in [0.3, 0.4) is 0 Å². The minimum absolute atomic E-state index is 0.108. The predicted octanol–water partition coefficient (Wildman–Crippen LogP) is 1.34. The maximum absolute atomic E-state index is 14.6. The summed E-state index contributed by atoms with van der Waals surface area (Å²) in [4.78, 5) is 24.6. The van der Waals surface area contributed by atoms with Crippen LogP contribution in [0.25, 0.3) is 5.69 Å². The van der Waals surface area contributed by atoms with Gasteiger partial charge in [-0.05, 0) is 19.1 Å². The molecule has 0 spiro atoms. The van der Waals surface area contributed by atoms with E-state index in [9.17, 15) is 35.6 Å². The Hall–Kier alpha value is -2.32. The van der Waals surface area contributed by atoms with Crippen molar-refractivity contribution >= 4 is 28.3 Å². The topological polar surface area (TPSA) is 116 Å². The summed E-state index contributed by atoms with van der Waals surface area (Å²) >= 11 is 3.92. The lowest BCUT2D eigenvalue weighted by atomic mass is 10.1. The fraction of sp³-hybridized carbons (Fsp3) is 0.333. The van der Waals surface area contributed by atoms with Crippen molar-refractivity contribution in [1.82, 2.24) is 9.13 Å². The van der Waals surface area contributed by atoms with Crippen molar-refractivity contribution in [3.05, 3.63) is 56.1 Å². The quantitative estimate of drug-likeness (QED) is 0.357. The number of thiol groups is 1. The van der Waals surface area contributed by atoms with Gasteiger partial charge < -0.3 is 5.73 Å². The Labute approximate surface area is 167 Å². The number of aromatic nitrogens is 2. The number of anilines is 1. The Bertz CT molecular complexity index is 1170. The molecule has 1 unspecified atom stereocenters. The molecular weight excluding hydrogens is 440 g/mol. The zero-order valence-corrected chi connectivity index (χ0v) is 16.7. The number of nitrogens with two attached hydrogens (primary N) is 1. The summed E-state index contributed by atoms with van der Waals surface area (Å²) < 4.78 is 79.7. The second-order valence-corrected chi connectivity index (χ2v) is 8.45. The summed E-state index contributed by atoms with van der Waals surface area (Å²) in [5, 5.41) is -1.14. The molecule has 2 aromatic rings. The predicted molar refractivity (Wildman–Crippen MR) is 101 cm³/mol. The first-order valence-corrected chi connectivity index (χ1v) is 10.0. The molecule has 14 heteroatoms. The van der Waals surface area contributed by atoms with Gasteiger partial charge in [0.2, 0.25) is 10.0 Å². The molecule has 0 radical (unpaired) electrons. The molecule has 0 amide bonds. The van der Waals surface area contributed by atoms with Crippen molar-refractivity contribution in [2.45, 2.75) is 18.5 Å². The first-order valence-electron chi connectivity index (χ1n) is 7.87. The summed E-state index contributed by atoms with van der Waals surface area (Å²) in [5.41, 5.74) is -0.00383. The van der Waals surface area contributed by atoms with Gasteiger partial charge >= 0.3 is 11.9 Å². The van der Waals surface area contributed by atoms with Crippen LogP contribution in [-0.4, -0.2) is 23.3 Å². The third-order valence-corrected chi connectivity index (χ3v) is 5.50. The van der Waals surface area contributed by atoms with Crippen LogP contribution >= 0.6 is 12.6 Å². The summed E-state index contributed by atoms with van der Waals surface area (Å²) in [6.45, 7) is 1.32. The number of sulfonamides is 1. The van der Waals surface area contributed by atoms with Gasteiger partial charge in [0.25, 0.3) is 5.56 Å². The Morgan fingerprint density at radius 1 is 1.24 bits per heavy atom. The molecule has 0 bridgehead atoms. The Balaban J connectivity index is 2.85. The lowest BCUT2D eigenvalue weighted by molar-refractivity contribution is -0.144. The molecule has 0 saturated carbocycles. The van der Waals surface area contributed by atoms with Crippen molar-refractivity contribution in [2.75, 3.05) is 10.5 Å². The highest BCUT2D eigenvalue weighted by Gasteiger charge is 2.35. The van der Waals surface area contributed by atoms with E-state index < -0.39 is 50.0 Å². The van der Waals surface area contributed by atoms with E-state index in [-0.39, 0.29) is 32.2 Å². The van der Waals surface area contributed by atoms with Crippen LogP contribution in [0, 0.1) is 5.82 Å². The third-order valence-electron chi connectivity index (χ3n) is 3.93.